The third-order valence-corrected chi connectivity index (χ3v) is 7.05. The minimum atomic E-state index is -4.42. The SMILES string of the molecule is COC(=O)C1=C(NCc2ccc(OC)cc2)C(=Nc2ccc(C(F)(F)F)cc2)[Se]/C1=C\C(C)C. The van der Waals surface area contributed by atoms with Crippen LogP contribution in [0.5, 0.6) is 5.75 Å². The fraction of sp³-hybridized carbons (Fsp3) is 0.280. The third kappa shape index (κ3) is 6.30. The molecule has 0 amide bonds. The van der Waals surface area contributed by atoms with E-state index >= 15 is 0 Å². The molecule has 0 spiro atoms. The van der Waals surface area contributed by atoms with Gasteiger partial charge in [-0.25, -0.2) is 0 Å². The molecule has 0 atom stereocenters. The van der Waals surface area contributed by atoms with Gasteiger partial charge in [-0.3, -0.25) is 0 Å². The first-order valence-corrected chi connectivity index (χ1v) is 12.2. The molecule has 3 rings (SSSR count). The van der Waals surface area contributed by atoms with E-state index in [0.29, 0.717) is 28.1 Å². The molecule has 1 aliphatic rings. The number of benzene rings is 2. The molecule has 34 heavy (non-hydrogen) atoms. The van der Waals surface area contributed by atoms with Gasteiger partial charge in [-0.15, -0.1) is 0 Å². The standard InChI is InChI=1S/C25H25F3N2O3Se/c1-15(2)13-20-21(24(31)33-4)22(29-14-16-5-11-19(32-3)12-6-16)23(34-20)30-18-9-7-17(8-10-18)25(26,27)28/h5-13,15,29H,14H2,1-4H3/b20-13-,30-23?. The zero-order chi connectivity index (χ0) is 24.9. The van der Waals surface area contributed by atoms with Gasteiger partial charge >= 0.3 is 203 Å². The number of esters is 1. The minimum absolute atomic E-state index is 0.185. The first kappa shape index (κ1) is 25.6. The number of halogens is 3. The average Bonchev–Trinajstić information content (AvgIpc) is 3.12. The summed E-state index contributed by atoms with van der Waals surface area (Å²) in [7, 11) is 2.91. The molecule has 1 N–H and O–H groups in total. The molecule has 5 nitrogen and oxygen atoms in total. The van der Waals surface area contributed by atoms with Crippen LogP contribution in [0, 0.1) is 5.92 Å². The maximum absolute atomic E-state index is 12.9. The van der Waals surface area contributed by atoms with E-state index in [1.54, 1.807) is 7.11 Å². The average molecular weight is 537 g/mol. The predicted octanol–water partition coefficient (Wildman–Crippen LogP) is 5.22. The Morgan fingerprint density at radius 1 is 1.09 bits per heavy atom. The fourth-order valence-corrected chi connectivity index (χ4v) is 5.83. The molecule has 0 bridgehead atoms. The zero-order valence-electron chi connectivity index (χ0n) is 19.2. The van der Waals surface area contributed by atoms with Crippen molar-refractivity contribution in [3.05, 3.63) is 81.5 Å². The Bertz CT molecular complexity index is 1120. The second kappa shape index (κ2) is 10.9. The number of methoxy groups -OCH3 is 2. The number of hydrogen-bond acceptors (Lipinski definition) is 5. The summed E-state index contributed by atoms with van der Waals surface area (Å²) in [5.41, 5.74) is 1.55. The van der Waals surface area contributed by atoms with Crippen LogP contribution >= 0.6 is 0 Å². The number of nitrogens with zero attached hydrogens (tertiary/aromatic N) is 1. The second-order valence-electron chi connectivity index (χ2n) is 7.78. The Morgan fingerprint density at radius 2 is 1.74 bits per heavy atom. The van der Waals surface area contributed by atoms with Crippen LogP contribution in [0.15, 0.2) is 75.3 Å². The maximum atomic E-state index is 12.9. The monoisotopic (exact) mass is 538 g/mol. The molecule has 0 saturated carbocycles. The van der Waals surface area contributed by atoms with Gasteiger partial charge in [-0.1, -0.05) is 0 Å². The summed E-state index contributed by atoms with van der Waals surface area (Å²) < 4.78 is 50.5. The van der Waals surface area contributed by atoms with E-state index in [1.165, 1.54) is 19.2 Å². The molecule has 0 radical (unpaired) electrons. The van der Waals surface area contributed by atoms with Gasteiger partial charge in [-0.2, -0.15) is 0 Å². The van der Waals surface area contributed by atoms with Gasteiger partial charge in [0.25, 0.3) is 0 Å². The topological polar surface area (TPSA) is 59.9 Å². The molecule has 2 aromatic carbocycles. The summed E-state index contributed by atoms with van der Waals surface area (Å²) in [5, 5.41) is 3.31. The van der Waals surface area contributed by atoms with Crippen molar-refractivity contribution in [2.75, 3.05) is 14.2 Å². The summed E-state index contributed by atoms with van der Waals surface area (Å²) in [6, 6.07) is 12.1. The van der Waals surface area contributed by atoms with Crippen molar-refractivity contribution in [2.45, 2.75) is 26.6 Å². The number of aliphatic imine (C=N–C) groups is 1. The van der Waals surface area contributed by atoms with E-state index in [2.05, 4.69) is 10.3 Å². The third-order valence-electron chi connectivity index (χ3n) is 4.84. The number of ether oxygens (including phenoxy) is 2. The van der Waals surface area contributed by atoms with Crippen LogP contribution in [0.1, 0.15) is 25.0 Å². The molecule has 2 aromatic rings. The molecule has 0 aromatic heterocycles. The Kier molecular flexibility index (Phi) is 8.23. The number of nitrogens with one attached hydrogen (secondary N) is 1. The van der Waals surface area contributed by atoms with Gasteiger partial charge in [0, 0.05) is 0 Å². The van der Waals surface area contributed by atoms with E-state index in [9.17, 15) is 18.0 Å². The second-order valence-corrected chi connectivity index (χ2v) is 9.94. The van der Waals surface area contributed by atoms with Crippen molar-refractivity contribution < 1.29 is 27.4 Å². The van der Waals surface area contributed by atoms with Crippen LogP contribution in [0.3, 0.4) is 0 Å². The van der Waals surface area contributed by atoms with Crippen molar-refractivity contribution in [3.8, 4) is 5.75 Å². The first-order chi connectivity index (χ1) is 16.1. The first-order valence-electron chi connectivity index (χ1n) is 10.5. The van der Waals surface area contributed by atoms with Crippen LogP contribution in [0.2, 0.25) is 0 Å². The van der Waals surface area contributed by atoms with Crippen molar-refractivity contribution in [2.24, 2.45) is 10.9 Å². The summed E-state index contributed by atoms with van der Waals surface area (Å²) in [5.74, 6) is 0.433. The van der Waals surface area contributed by atoms with Gasteiger partial charge in [0.1, 0.15) is 0 Å². The quantitative estimate of drug-likeness (QED) is 0.389. The Hall–Kier alpha value is -3.03. The van der Waals surface area contributed by atoms with Crippen molar-refractivity contribution >= 4 is 31.2 Å². The number of carbonyl (C=O) groups is 1. The summed E-state index contributed by atoms with van der Waals surface area (Å²) in [4.78, 5) is 17.3. The molecule has 9 heteroatoms. The van der Waals surface area contributed by atoms with E-state index < -0.39 is 17.7 Å². The Balaban J connectivity index is 2.00. The van der Waals surface area contributed by atoms with Crippen LogP contribution in [0.25, 0.3) is 0 Å². The molecular weight excluding hydrogens is 512 g/mol. The van der Waals surface area contributed by atoms with Crippen LogP contribution in [-0.4, -0.2) is 39.8 Å². The summed E-state index contributed by atoms with van der Waals surface area (Å²) >= 11 is -0.335. The van der Waals surface area contributed by atoms with Crippen LogP contribution in [-0.2, 0) is 22.3 Å². The molecule has 1 aliphatic heterocycles. The van der Waals surface area contributed by atoms with Crippen molar-refractivity contribution in [1.82, 2.24) is 5.32 Å². The molecule has 180 valence electrons. The van der Waals surface area contributed by atoms with Gasteiger partial charge in [0.2, 0.25) is 0 Å². The van der Waals surface area contributed by atoms with Gasteiger partial charge in [0.15, 0.2) is 0 Å². The molecular formula is C25H25F3N2O3Se. The van der Waals surface area contributed by atoms with Crippen LogP contribution < -0.4 is 10.1 Å². The van der Waals surface area contributed by atoms with Crippen molar-refractivity contribution in [3.63, 3.8) is 0 Å². The summed E-state index contributed by atoms with van der Waals surface area (Å²) in [6.07, 6.45) is -2.42. The number of hydrogen-bond donors (Lipinski definition) is 1. The summed E-state index contributed by atoms with van der Waals surface area (Å²) in [6.45, 7) is 4.43. The van der Waals surface area contributed by atoms with E-state index in [-0.39, 0.29) is 20.9 Å². The number of rotatable bonds is 7. The normalized spacial score (nSPS) is 16.5. The molecule has 0 saturated heterocycles. The van der Waals surface area contributed by atoms with E-state index in [0.717, 1.165) is 27.9 Å². The van der Waals surface area contributed by atoms with Gasteiger partial charge in [-0.05, 0) is 0 Å². The number of alkyl halides is 3. The van der Waals surface area contributed by atoms with E-state index in [1.807, 2.05) is 44.2 Å². The fourth-order valence-electron chi connectivity index (χ4n) is 3.18. The molecule has 1 heterocycles. The van der Waals surface area contributed by atoms with E-state index in [4.69, 9.17) is 9.47 Å². The molecule has 0 fully saturated rings. The van der Waals surface area contributed by atoms with Crippen molar-refractivity contribution in [1.29, 1.82) is 0 Å². The Labute approximate surface area is 202 Å². The number of carbonyl (C=O) groups excluding carboxylic acids is 1. The van der Waals surface area contributed by atoms with Crippen LogP contribution in [0.4, 0.5) is 18.9 Å². The Morgan fingerprint density at radius 3 is 2.26 bits per heavy atom. The predicted molar refractivity (Wildman–Crippen MR) is 126 cm³/mol. The molecule has 0 unspecified atom stereocenters. The van der Waals surface area contributed by atoms with Gasteiger partial charge in [0.05, 0.1) is 0 Å². The number of allylic oxidation sites excluding steroid dienone is 2. The zero-order valence-corrected chi connectivity index (χ0v) is 20.9. The molecule has 0 aliphatic carbocycles. The van der Waals surface area contributed by atoms with Gasteiger partial charge < -0.3 is 0 Å².